The molecule has 2 aliphatic rings. The first kappa shape index (κ1) is 10.4. The predicted octanol–water partition coefficient (Wildman–Crippen LogP) is 4.03. The largest absolute Gasteiger partial charge is 0.249 e. The van der Waals surface area contributed by atoms with Gasteiger partial charge in [0.25, 0.3) is 0 Å². The van der Waals surface area contributed by atoms with Crippen molar-refractivity contribution in [2.45, 2.75) is 49.8 Å². The Labute approximate surface area is 101 Å². The first-order valence-corrected chi connectivity index (χ1v) is 6.83. The van der Waals surface area contributed by atoms with Crippen LogP contribution in [0.4, 0.5) is 0 Å². The summed E-state index contributed by atoms with van der Waals surface area (Å²) in [6.07, 6.45) is 5.55. The standard InChI is InChI=1S/C14H17NS/c1-5-9-7-15-13-12(11(9)8(2)3)10-6-14(10,4)16-13/h6-8H,5H2,1-4H3. The highest BCUT2D eigenvalue weighted by atomic mass is 32.2. The summed E-state index contributed by atoms with van der Waals surface area (Å²) in [5.41, 5.74) is 5.94. The van der Waals surface area contributed by atoms with E-state index in [1.54, 1.807) is 0 Å². The number of aromatic nitrogens is 1. The Balaban J connectivity index is 2.22. The maximum Gasteiger partial charge on any atom is 0.105 e. The molecule has 2 heterocycles. The Bertz CT molecular complexity index is 502. The van der Waals surface area contributed by atoms with Gasteiger partial charge in [0.1, 0.15) is 5.03 Å². The smallest absolute Gasteiger partial charge is 0.105 e. The second kappa shape index (κ2) is 3.13. The summed E-state index contributed by atoms with van der Waals surface area (Å²) in [5, 5.41) is 1.25. The van der Waals surface area contributed by atoms with Gasteiger partial charge < -0.3 is 0 Å². The molecule has 1 atom stereocenters. The van der Waals surface area contributed by atoms with E-state index in [0.717, 1.165) is 6.42 Å². The molecule has 1 nitrogen and oxygen atoms in total. The Morgan fingerprint density at radius 1 is 1.44 bits per heavy atom. The summed E-state index contributed by atoms with van der Waals surface area (Å²) in [7, 11) is 0. The van der Waals surface area contributed by atoms with Crippen LogP contribution in [0.5, 0.6) is 0 Å². The molecule has 1 unspecified atom stereocenters. The van der Waals surface area contributed by atoms with Crippen molar-refractivity contribution >= 4 is 17.3 Å². The molecule has 0 radical (unpaired) electrons. The van der Waals surface area contributed by atoms with E-state index < -0.39 is 0 Å². The number of aryl methyl sites for hydroxylation is 1. The van der Waals surface area contributed by atoms with E-state index in [2.05, 4.69) is 45.0 Å². The van der Waals surface area contributed by atoms with Crippen molar-refractivity contribution in [1.82, 2.24) is 4.98 Å². The fourth-order valence-corrected chi connectivity index (χ4v) is 3.89. The van der Waals surface area contributed by atoms with Crippen LogP contribution in [0.1, 0.15) is 50.3 Å². The van der Waals surface area contributed by atoms with Crippen molar-refractivity contribution in [2.24, 2.45) is 0 Å². The molecule has 84 valence electrons. The molecule has 0 fully saturated rings. The summed E-state index contributed by atoms with van der Waals surface area (Å²) >= 11 is 1.91. The van der Waals surface area contributed by atoms with Crippen LogP contribution in [-0.4, -0.2) is 9.73 Å². The molecule has 16 heavy (non-hydrogen) atoms. The lowest BCUT2D eigenvalue weighted by molar-refractivity contribution is 0.822. The van der Waals surface area contributed by atoms with Gasteiger partial charge in [-0.1, -0.05) is 38.6 Å². The number of hydrogen-bond donors (Lipinski definition) is 0. The van der Waals surface area contributed by atoms with Crippen molar-refractivity contribution in [1.29, 1.82) is 0 Å². The van der Waals surface area contributed by atoms with Gasteiger partial charge >= 0.3 is 0 Å². The summed E-state index contributed by atoms with van der Waals surface area (Å²) < 4.78 is 0.283. The molecular weight excluding hydrogens is 214 g/mol. The lowest BCUT2D eigenvalue weighted by atomic mass is 9.91. The number of fused-ring (bicyclic) bond motifs is 3. The monoisotopic (exact) mass is 231 g/mol. The molecule has 0 saturated carbocycles. The lowest BCUT2D eigenvalue weighted by Crippen LogP contribution is -2.01. The van der Waals surface area contributed by atoms with Crippen LogP contribution in [-0.2, 0) is 6.42 Å². The van der Waals surface area contributed by atoms with Crippen molar-refractivity contribution in [3.05, 3.63) is 29.0 Å². The predicted molar refractivity (Wildman–Crippen MR) is 69.9 cm³/mol. The third-order valence-corrected chi connectivity index (χ3v) is 4.84. The molecule has 1 aromatic heterocycles. The molecule has 1 aromatic rings. The van der Waals surface area contributed by atoms with E-state index in [4.69, 9.17) is 0 Å². The van der Waals surface area contributed by atoms with Gasteiger partial charge in [-0.25, -0.2) is 4.98 Å². The van der Waals surface area contributed by atoms with Gasteiger partial charge in [-0.05, 0) is 36.0 Å². The van der Waals surface area contributed by atoms with Crippen LogP contribution in [0.3, 0.4) is 0 Å². The second-order valence-electron chi connectivity index (χ2n) is 5.15. The third-order valence-electron chi connectivity index (χ3n) is 3.57. The van der Waals surface area contributed by atoms with Crippen molar-refractivity contribution < 1.29 is 0 Å². The Morgan fingerprint density at radius 2 is 2.19 bits per heavy atom. The molecule has 2 heteroatoms. The Morgan fingerprint density at radius 3 is 2.81 bits per heavy atom. The molecule has 1 aliphatic carbocycles. The van der Waals surface area contributed by atoms with Gasteiger partial charge in [-0.15, -0.1) is 0 Å². The summed E-state index contributed by atoms with van der Waals surface area (Å²) in [6.45, 7) is 9.10. The Kier molecular flexibility index (Phi) is 2.03. The molecule has 0 aromatic carbocycles. The van der Waals surface area contributed by atoms with Gasteiger partial charge in [-0.2, -0.15) is 0 Å². The molecule has 1 aliphatic heterocycles. The maximum absolute atomic E-state index is 4.62. The molecule has 0 N–H and O–H groups in total. The number of nitrogens with zero attached hydrogens (tertiary/aromatic N) is 1. The zero-order chi connectivity index (χ0) is 11.5. The average molecular weight is 231 g/mol. The minimum absolute atomic E-state index is 0.283. The SMILES string of the molecule is CCc1cnc2c(c1C(C)C)C1=CC1(C)S2. The normalized spacial score (nSPS) is 25.4. The lowest BCUT2D eigenvalue weighted by Gasteiger charge is -2.15. The second-order valence-corrected chi connectivity index (χ2v) is 6.59. The summed E-state index contributed by atoms with van der Waals surface area (Å²) in [5.74, 6) is 0.594. The first-order chi connectivity index (χ1) is 7.57. The van der Waals surface area contributed by atoms with Gasteiger partial charge in [0.05, 0.1) is 4.75 Å². The van der Waals surface area contributed by atoms with Gasteiger partial charge in [0.2, 0.25) is 0 Å². The maximum atomic E-state index is 4.62. The third kappa shape index (κ3) is 1.22. The quantitative estimate of drug-likeness (QED) is 0.762. The van der Waals surface area contributed by atoms with E-state index in [9.17, 15) is 0 Å². The average Bonchev–Trinajstić information content (AvgIpc) is 2.81. The molecule has 0 bridgehead atoms. The molecule has 0 spiro atoms. The van der Waals surface area contributed by atoms with Crippen LogP contribution in [0.2, 0.25) is 0 Å². The van der Waals surface area contributed by atoms with Crippen LogP contribution in [0.15, 0.2) is 17.3 Å². The Hall–Kier alpha value is -0.760. The fraction of sp³-hybridized carbons (Fsp3) is 0.500. The van der Waals surface area contributed by atoms with E-state index in [1.807, 2.05) is 11.8 Å². The fourth-order valence-electron chi connectivity index (χ4n) is 2.67. The van der Waals surface area contributed by atoms with Crippen LogP contribution in [0.25, 0.3) is 5.57 Å². The molecular formula is C14H17NS. The highest BCUT2D eigenvalue weighted by molar-refractivity contribution is 8.02. The molecule has 0 amide bonds. The van der Waals surface area contributed by atoms with Gasteiger partial charge in [-0.3, -0.25) is 0 Å². The topological polar surface area (TPSA) is 12.9 Å². The van der Waals surface area contributed by atoms with Gasteiger partial charge in [0.15, 0.2) is 0 Å². The van der Waals surface area contributed by atoms with Crippen molar-refractivity contribution in [3.63, 3.8) is 0 Å². The van der Waals surface area contributed by atoms with Gasteiger partial charge in [0, 0.05) is 11.8 Å². The number of pyridine rings is 1. The summed E-state index contributed by atoms with van der Waals surface area (Å²) in [6, 6.07) is 0. The number of thioether (sulfide) groups is 1. The summed E-state index contributed by atoms with van der Waals surface area (Å²) in [4.78, 5) is 4.62. The minimum Gasteiger partial charge on any atom is -0.249 e. The van der Waals surface area contributed by atoms with Crippen molar-refractivity contribution in [3.8, 4) is 0 Å². The van der Waals surface area contributed by atoms with E-state index in [0.29, 0.717) is 5.92 Å². The zero-order valence-corrected chi connectivity index (χ0v) is 11.1. The highest BCUT2D eigenvalue weighted by Gasteiger charge is 2.50. The number of rotatable bonds is 2. The molecule has 3 rings (SSSR count). The van der Waals surface area contributed by atoms with E-state index in [1.165, 1.54) is 27.3 Å². The van der Waals surface area contributed by atoms with Crippen molar-refractivity contribution in [2.75, 3.05) is 0 Å². The van der Waals surface area contributed by atoms with E-state index >= 15 is 0 Å². The minimum atomic E-state index is 0.283. The van der Waals surface area contributed by atoms with E-state index in [-0.39, 0.29) is 4.75 Å². The highest BCUT2D eigenvalue weighted by Crippen LogP contribution is 2.64. The van der Waals surface area contributed by atoms with Crippen LogP contribution < -0.4 is 0 Å². The first-order valence-electron chi connectivity index (χ1n) is 6.01. The van der Waals surface area contributed by atoms with Crippen LogP contribution >= 0.6 is 11.8 Å². The van der Waals surface area contributed by atoms with Crippen LogP contribution in [0, 0.1) is 0 Å². The number of hydrogen-bond acceptors (Lipinski definition) is 2. The zero-order valence-electron chi connectivity index (χ0n) is 10.3. The molecule has 0 saturated heterocycles.